The smallest absolute Gasteiger partial charge is 0.247 e. The molecule has 8 nitrogen and oxygen atoms in total. The number of benzene rings is 3. The number of amides is 2. The van der Waals surface area contributed by atoms with E-state index >= 15 is 0 Å². The molecule has 0 spiro atoms. The van der Waals surface area contributed by atoms with Gasteiger partial charge >= 0.3 is 0 Å². The molecule has 2 amide bonds. The van der Waals surface area contributed by atoms with Gasteiger partial charge in [-0.25, -0.2) is 0 Å². The van der Waals surface area contributed by atoms with Crippen LogP contribution in [0.15, 0.2) is 91.5 Å². The van der Waals surface area contributed by atoms with Crippen LogP contribution in [0.5, 0.6) is 0 Å². The Bertz CT molecular complexity index is 1730. The number of carbonyl (C=O) groups excluding carboxylic acids is 2. The molecule has 5 rings (SSSR count). The van der Waals surface area contributed by atoms with Gasteiger partial charge in [-0.1, -0.05) is 36.4 Å². The molecule has 0 saturated carbocycles. The van der Waals surface area contributed by atoms with Crippen LogP contribution < -0.4 is 22.1 Å². The number of aromatic nitrogens is 2. The Morgan fingerprint density at radius 2 is 1.34 bits per heavy atom. The van der Waals surface area contributed by atoms with E-state index in [2.05, 4.69) is 16.5 Å². The molecular formula is C33H32N6O2. The molecule has 8 heteroatoms. The number of nitrogens with two attached hydrogens (primary N) is 3. The topological polar surface area (TPSA) is 141 Å². The second-order valence-electron chi connectivity index (χ2n) is 10.4. The number of fused-ring (bicyclic) bond motifs is 2. The number of aryl methyl sites for hydroxylation is 2. The number of hydrogen-bond acceptors (Lipinski definition) is 6. The zero-order valence-corrected chi connectivity index (χ0v) is 23.1. The van der Waals surface area contributed by atoms with Gasteiger partial charge in [0.05, 0.1) is 11.0 Å². The Kier molecular flexibility index (Phi) is 7.15. The minimum absolute atomic E-state index is 0.0412. The van der Waals surface area contributed by atoms with E-state index < -0.39 is 17.2 Å². The molecule has 206 valence electrons. The van der Waals surface area contributed by atoms with E-state index in [4.69, 9.17) is 17.2 Å². The van der Waals surface area contributed by atoms with Crippen LogP contribution in [0.2, 0.25) is 0 Å². The molecule has 0 aliphatic rings. The molecule has 2 aromatic heterocycles. The van der Waals surface area contributed by atoms with Gasteiger partial charge in [-0.2, -0.15) is 0 Å². The largest absolute Gasteiger partial charge is 0.398 e. The molecule has 5 aromatic rings. The summed E-state index contributed by atoms with van der Waals surface area (Å²) in [6, 6.07) is 23.7. The molecule has 3 aromatic carbocycles. The number of nitrogens with zero attached hydrogens (tertiary/aromatic N) is 3. The summed E-state index contributed by atoms with van der Waals surface area (Å²) in [5, 5.41) is 1.36. The van der Waals surface area contributed by atoms with Gasteiger partial charge in [0.2, 0.25) is 11.8 Å². The zero-order valence-electron chi connectivity index (χ0n) is 23.1. The molecular weight excluding hydrogens is 512 g/mol. The fourth-order valence-electron chi connectivity index (χ4n) is 5.35. The van der Waals surface area contributed by atoms with Crippen molar-refractivity contribution in [2.45, 2.75) is 26.7 Å². The lowest BCUT2D eigenvalue weighted by Gasteiger charge is -2.35. The molecule has 0 radical (unpaired) electrons. The third-order valence-corrected chi connectivity index (χ3v) is 7.35. The van der Waals surface area contributed by atoms with E-state index in [1.54, 1.807) is 42.5 Å². The summed E-state index contributed by atoms with van der Waals surface area (Å²) in [5.41, 5.74) is 23.0. The summed E-state index contributed by atoms with van der Waals surface area (Å²) in [5.74, 6) is -1.24. The molecule has 1 atom stereocenters. The van der Waals surface area contributed by atoms with Crippen molar-refractivity contribution in [3.8, 4) is 0 Å². The monoisotopic (exact) mass is 544 g/mol. The highest BCUT2D eigenvalue weighted by Crippen LogP contribution is 2.39. The minimum atomic E-state index is -1.62. The predicted octanol–water partition coefficient (Wildman–Crippen LogP) is 5.52. The van der Waals surface area contributed by atoms with Crippen LogP contribution in [0.4, 0.5) is 22.7 Å². The van der Waals surface area contributed by atoms with Crippen molar-refractivity contribution in [1.82, 2.24) is 9.97 Å². The quantitative estimate of drug-likeness (QED) is 0.173. The summed E-state index contributed by atoms with van der Waals surface area (Å²) in [7, 11) is 0. The first-order valence-corrected chi connectivity index (χ1v) is 13.3. The average molecular weight is 545 g/mol. The number of rotatable bonds is 8. The van der Waals surface area contributed by atoms with Crippen molar-refractivity contribution in [3.05, 3.63) is 108 Å². The van der Waals surface area contributed by atoms with Gasteiger partial charge in [0, 0.05) is 44.9 Å². The van der Waals surface area contributed by atoms with Crippen LogP contribution >= 0.6 is 0 Å². The van der Waals surface area contributed by atoms with E-state index in [0.29, 0.717) is 44.6 Å². The van der Waals surface area contributed by atoms with E-state index in [-0.39, 0.29) is 12.8 Å². The third kappa shape index (κ3) is 5.07. The number of primary amides is 1. The van der Waals surface area contributed by atoms with E-state index in [1.807, 2.05) is 56.3 Å². The Morgan fingerprint density at radius 3 is 1.80 bits per heavy atom. The van der Waals surface area contributed by atoms with Crippen LogP contribution in [0.3, 0.4) is 0 Å². The zero-order chi connectivity index (χ0) is 29.3. The first-order valence-electron chi connectivity index (χ1n) is 13.3. The fourth-order valence-corrected chi connectivity index (χ4v) is 5.35. The van der Waals surface area contributed by atoms with Crippen molar-refractivity contribution in [1.29, 1.82) is 0 Å². The van der Waals surface area contributed by atoms with Crippen molar-refractivity contribution in [2.75, 3.05) is 16.4 Å². The van der Waals surface area contributed by atoms with Gasteiger partial charge in [-0.3, -0.25) is 24.5 Å². The maximum absolute atomic E-state index is 14.8. The lowest BCUT2D eigenvalue weighted by atomic mass is 9.76. The number of anilines is 4. The highest BCUT2D eigenvalue weighted by Gasteiger charge is 2.47. The molecule has 2 heterocycles. The predicted molar refractivity (Wildman–Crippen MR) is 166 cm³/mol. The Hall–Kier alpha value is -5.24. The maximum atomic E-state index is 14.8. The van der Waals surface area contributed by atoms with Crippen LogP contribution in [0.25, 0.3) is 21.8 Å². The van der Waals surface area contributed by atoms with E-state index in [0.717, 1.165) is 17.0 Å². The lowest BCUT2D eigenvalue weighted by molar-refractivity contribution is -0.139. The summed E-state index contributed by atoms with van der Waals surface area (Å²) < 4.78 is 0. The standard InChI is InChI=1S/C33H32N6O2/c1-4-14-33(31(36)40,19-22-8-6-5-7-9-22)32(41)39(23-10-12-29-25(17-23)27(34)15-20(2)37-29)24-11-13-30-26(18-24)28(35)16-21(3)38-30/h4-13,15-18H,1,14,19H2,2-3H3,(H2,34,37)(H2,35,38)(H2,36,40). The second-order valence-corrected chi connectivity index (χ2v) is 10.4. The number of pyridine rings is 2. The van der Waals surface area contributed by atoms with Crippen LogP contribution in [-0.2, 0) is 16.0 Å². The second kappa shape index (κ2) is 10.7. The normalized spacial score (nSPS) is 12.6. The van der Waals surface area contributed by atoms with Crippen LogP contribution in [0, 0.1) is 19.3 Å². The number of allylic oxidation sites excluding steroid dienone is 1. The number of hydrogen-bond donors (Lipinski definition) is 3. The van der Waals surface area contributed by atoms with Crippen molar-refractivity contribution < 1.29 is 9.59 Å². The first kappa shape index (κ1) is 27.3. The number of carbonyl (C=O) groups is 2. The van der Waals surface area contributed by atoms with Crippen molar-refractivity contribution >= 4 is 56.4 Å². The Morgan fingerprint density at radius 1 is 0.829 bits per heavy atom. The van der Waals surface area contributed by atoms with Gasteiger partial charge < -0.3 is 17.2 Å². The molecule has 0 saturated heterocycles. The SMILES string of the molecule is C=CCC(Cc1ccccc1)(C(N)=O)C(=O)N(c1ccc2nc(C)cc(N)c2c1)c1ccc2nc(C)cc(N)c2c1. The van der Waals surface area contributed by atoms with E-state index in [9.17, 15) is 9.59 Å². The summed E-state index contributed by atoms with van der Waals surface area (Å²) >= 11 is 0. The Labute approximate surface area is 238 Å². The Balaban J connectivity index is 1.76. The van der Waals surface area contributed by atoms with Gasteiger partial charge in [0.1, 0.15) is 5.41 Å². The molecule has 6 N–H and O–H groups in total. The molecule has 0 aliphatic carbocycles. The van der Waals surface area contributed by atoms with Crippen LogP contribution in [-0.4, -0.2) is 21.8 Å². The highest BCUT2D eigenvalue weighted by atomic mass is 16.2. The van der Waals surface area contributed by atoms with Gasteiger partial charge in [0.25, 0.3) is 0 Å². The van der Waals surface area contributed by atoms with Gasteiger partial charge in [0.15, 0.2) is 0 Å². The van der Waals surface area contributed by atoms with E-state index in [1.165, 1.54) is 4.90 Å². The summed E-state index contributed by atoms with van der Waals surface area (Å²) in [4.78, 5) is 38.8. The van der Waals surface area contributed by atoms with Gasteiger partial charge in [-0.15, -0.1) is 6.58 Å². The third-order valence-electron chi connectivity index (χ3n) is 7.35. The lowest BCUT2D eigenvalue weighted by Crippen LogP contribution is -2.51. The summed E-state index contributed by atoms with van der Waals surface area (Å²) in [6.45, 7) is 7.59. The summed E-state index contributed by atoms with van der Waals surface area (Å²) in [6.07, 6.45) is 1.69. The molecule has 1 unspecified atom stereocenters. The minimum Gasteiger partial charge on any atom is -0.398 e. The van der Waals surface area contributed by atoms with Crippen molar-refractivity contribution in [3.63, 3.8) is 0 Å². The van der Waals surface area contributed by atoms with Crippen LogP contribution in [0.1, 0.15) is 23.4 Å². The first-order chi connectivity index (χ1) is 19.6. The highest BCUT2D eigenvalue weighted by molar-refractivity contribution is 6.16. The molecule has 41 heavy (non-hydrogen) atoms. The molecule has 0 fully saturated rings. The van der Waals surface area contributed by atoms with Gasteiger partial charge in [-0.05, 0) is 80.8 Å². The fraction of sp³-hybridized carbons (Fsp3) is 0.152. The number of nitrogen functional groups attached to an aromatic ring is 2. The maximum Gasteiger partial charge on any atom is 0.247 e. The molecule has 0 bridgehead atoms. The average Bonchev–Trinajstić information content (AvgIpc) is 2.93. The van der Waals surface area contributed by atoms with Crippen molar-refractivity contribution in [2.24, 2.45) is 11.1 Å². The molecule has 0 aliphatic heterocycles.